The molecule has 3 rings (SSSR count). The lowest BCUT2D eigenvalue weighted by atomic mass is 9.81. The molecule has 0 spiro atoms. The summed E-state index contributed by atoms with van der Waals surface area (Å²) in [6, 6.07) is 5.59. The molecule has 0 aromatic heterocycles. The lowest BCUT2D eigenvalue weighted by Crippen LogP contribution is -2.39. The van der Waals surface area contributed by atoms with E-state index in [1.54, 1.807) is 0 Å². The van der Waals surface area contributed by atoms with Gasteiger partial charge in [0.2, 0.25) is 0 Å². The number of aryl methyl sites for hydroxylation is 1. The van der Waals surface area contributed by atoms with E-state index in [0.717, 1.165) is 50.2 Å². The van der Waals surface area contributed by atoms with Gasteiger partial charge in [-0.05, 0) is 69.7 Å². The molecule has 1 heterocycles. The Balaban J connectivity index is 1.40. The van der Waals surface area contributed by atoms with E-state index in [-0.39, 0.29) is 18.2 Å². The van der Waals surface area contributed by atoms with Crippen molar-refractivity contribution in [3.8, 4) is 11.5 Å². The Labute approximate surface area is 181 Å². The van der Waals surface area contributed by atoms with Gasteiger partial charge in [0.25, 0.3) is 0 Å². The van der Waals surface area contributed by atoms with Gasteiger partial charge in [0, 0.05) is 11.8 Å². The molecule has 2 fully saturated rings. The van der Waals surface area contributed by atoms with Crippen LogP contribution in [0.1, 0.15) is 70.8 Å². The molecule has 1 aliphatic heterocycles. The van der Waals surface area contributed by atoms with Crippen LogP contribution in [0.15, 0.2) is 18.2 Å². The molecule has 1 aliphatic carbocycles. The summed E-state index contributed by atoms with van der Waals surface area (Å²) < 4.78 is 23.3. The molecule has 0 atom stereocenters. The Bertz CT molecular complexity index is 658. The van der Waals surface area contributed by atoms with Crippen LogP contribution >= 0.6 is 0 Å². The first-order valence-electron chi connectivity index (χ1n) is 11.8. The first-order chi connectivity index (χ1) is 14.6. The van der Waals surface area contributed by atoms with Crippen molar-refractivity contribution in [3.63, 3.8) is 0 Å². The standard InChI is InChI=1S/C25H38O5/c1-4-6-7-8-19-16-28-25(29-17-19)21-11-9-20(10-12-21)24(26)30-23-14-13-22(27-5-2)15-18(23)3/h13-15,19-21,25H,4-12,16-17H2,1-3H3. The monoisotopic (exact) mass is 418 g/mol. The summed E-state index contributed by atoms with van der Waals surface area (Å²) in [5.74, 6) is 2.18. The third kappa shape index (κ3) is 6.45. The smallest absolute Gasteiger partial charge is 0.314 e. The Morgan fingerprint density at radius 3 is 2.43 bits per heavy atom. The van der Waals surface area contributed by atoms with Crippen LogP contribution in [-0.2, 0) is 14.3 Å². The summed E-state index contributed by atoms with van der Waals surface area (Å²) in [6.07, 6.45) is 8.48. The highest BCUT2D eigenvalue weighted by Crippen LogP contribution is 2.35. The van der Waals surface area contributed by atoms with Crippen LogP contribution in [0.25, 0.3) is 0 Å². The Morgan fingerprint density at radius 2 is 1.80 bits per heavy atom. The van der Waals surface area contributed by atoms with Crippen LogP contribution in [0.3, 0.4) is 0 Å². The van der Waals surface area contributed by atoms with Crippen molar-refractivity contribution in [2.45, 2.75) is 78.4 Å². The molecular formula is C25H38O5. The molecule has 5 heteroatoms. The number of ether oxygens (including phenoxy) is 4. The van der Waals surface area contributed by atoms with E-state index < -0.39 is 0 Å². The largest absolute Gasteiger partial charge is 0.494 e. The Kier molecular flexibility index (Phi) is 9.01. The lowest BCUT2D eigenvalue weighted by molar-refractivity contribution is -0.230. The van der Waals surface area contributed by atoms with Gasteiger partial charge in [-0.15, -0.1) is 0 Å². The molecule has 0 N–H and O–H groups in total. The highest BCUT2D eigenvalue weighted by molar-refractivity contribution is 5.75. The van der Waals surface area contributed by atoms with E-state index in [1.165, 1.54) is 25.7 Å². The zero-order chi connectivity index (χ0) is 21.3. The second-order valence-corrected chi connectivity index (χ2v) is 8.79. The van der Waals surface area contributed by atoms with Crippen LogP contribution in [0.5, 0.6) is 11.5 Å². The minimum Gasteiger partial charge on any atom is -0.494 e. The summed E-state index contributed by atoms with van der Waals surface area (Å²) in [7, 11) is 0. The van der Waals surface area contributed by atoms with Crippen LogP contribution < -0.4 is 9.47 Å². The van der Waals surface area contributed by atoms with Crippen LogP contribution in [0, 0.1) is 24.7 Å². The highest BCUT2D eigenvalue weighted by Gasteiger charge is 2.35. The summed E-state index contributed by atoms with van der Waals surface area (Å²) in [5.41, 5.74) is 0.917. The second-order valence-electron chi connectivity index (χ2n) is 8.79. The van der Waals surface area contributed by atoms with Crippen molar-refractivity contribution in [1.82, 2.24) is 0 Å². The van der Waals surface area contributed by atoms with Crippen LogP contribution in [0.2, 0.25) is 0 Å². The predicted octanol–water partition coefficient (Wildman–Crippen LogP) is 5.67. The zero-order valence-electron chi connectivity index (χ0n) is 18.9. The van der Waals surface area contributed by atoms with Gasteiger partial charge in [0.05, 0.1) is 25.7 Å². The highest BCUT2D eigenvalue weighted by atomic mass is 16.7. The van der Waals surface area contributed by atoms with Crippen molar-refractivity contribution in [2.24, 2.45) is 17.8 Å². The minimum atomic E-state index is -0.123. The fourth-order valence-corrected chi connectivity index (χ4v) is 4.49. The van der Waals surface area contributed by atoms with Gasteiger partial charge >= 0.3 is 5.97 Å². The molecule has 1 aromatic carbocycles. The maximum atomic E-state index is 12.7. The number of esters is 1. The van der Waals surface area contributed by atoms with Crippen molar-refractivity contribution >= 4 is 5.97 Å². The van der Waals surface area contributed by atoms with Crippen molar-refractivity contribution in [3.05, 3.63) is 23.8 Å². The number of hydrogen-bond donors (Lipinski definition) is 0. The summed E-state index contributed by atoms with van der Waals surface area (Å²) >= 11 is 0. The van der Waals surface area contributed by atoms with E-state index in [0.29, 0.717) is 24.2 Å². The quantitative estimate of drug-likeness (QED) is 0.294. The van der Waals surface area contributed by atoms with Crippen LogP contribution in [0.4, 0.5) is 0 Å². The summed E-state index contributed by atoms with van der Waals surface area (Å²) in [6.45, 7) is 8.37. The molecule has 1 saturated carbocycles. The van der Waals surface area contributed by atoms with E-state index >= 15 is 0 Å². The Hall–Kier alpha value is -1.59. The number of hydrogen-bond acceptors (Lipinski definition) is 5. The maximum absolute atomic E-state index is 12.7. The summed E-state index contributed by atoms with van der Waals surface area (Å²) in [5, 5.41) is 0. The number of rotatable bonds is 9. The molecule has 1 aromatic rings. The maximum Gasteiger partial charge on any atom is 0.314 e. The number of benzene rings is 1. The first kappa shape index (κ1) is 23.1. The molecule has 5 nitrogen and oxygen atoms in total. The Morgan fingerprint density at radius 1 is 1.07 bits per heavy atom. The first-order valence-corrected chi connectivity index (χ1v) is 11.8. The topological polar surface area (TPSA) is 54.0 Å². The normalized spacial score (nSPS) is 26.9. The zero-order valence-corrected chi connectivity index (χ0v) is 18.9. The van der Waals surface area contributed by atoms with Gasteiger partial charge in [0.1, 0.15) is 11.5 Å². The molecule has 0 bridgehead atoms. The van der Waals surface area contributed by atoms with E-state index in [1.807, 2.05) is 32.0 Å². The van der Waals surface area contributed by atoms with E-state index in [2.05, 4.69) is 6.92 Å². The third-order valence-electron chi connectivity index (χ3n) is 6.37. The molecule has 1 saturated heterocycles. The fraction of sp³-hybridized carbons (Fsp3) is 0.720. The molecule has 0 amide bonds. The number of carbonyl (C=O) groups is 1. The predicted molar refractivity (Wildman–Crippen MR) is 117 cm³/mol. The van der Waals surface area contributed by atoms with Crippen molar-refractivity contribution < 1.29 is 23.7 Å². The van der Waals surface area contributed by atoms with Gasteiger partial charge in [0.15, 0.2) is 6.29 Å². The molecule has 0 unspecified atom stereocenters. The van der Waals surface area contributed by atoms with Gasteiger partial charge in [-0.2, -0.15) is 0 Å². The number of carbonyl (C=O) groups excluding carboxylic acids is 1. The van der Waals surface area contributed by atoms with Gasteiger partial charge in [-0.1, -0.05) is 26.2 Å². The lowest BCUT2D eigenvalue weighted by Gasteiger charge is -2.37. The van der Waals surface area contributed by atoms with E-state index in [4.69, 9.17) is 18.9 Å². The summed E-state index contributed by atoms with van der Waals surface area (Å²) in [4.78, 5) is 12.7. The minimum absolute atomic E-state index is 0.0439. The molecule has 2 aliphatic rings. The SMILES string of the molecule is CCCCCC1COC(C2CCC(C(=O)Oc3ccc(OCC)cc3C)CC2)OC1. The van der Waals surface area contributed by atoms with Crippen LogP contribution in [-0.4, -0.2) is 32.1 Å². The molecule has 30 heavy (non-hydrogen) atoms. The fourth-order valence-electron chi connectivity index (χ4n) is 4.49. The average Bonchev–Trinajstić information content (AvgIpc) is 2.77. The van der Waals surface area contributed by atoms with Crippen molar-refractivity contribution in [2.75, 3.05) is 19.8 Å². The average molecular weight is 419 g/mol. The number of unbranched alkanes of at least 4 members (excludes halogenated alkanes) is 2. The second kappa shape index (κ2) is 11.7. The third-order valence-corrected chi connectivity index (χ3v) is 6.37. The van der Waals surface area contributed by atoms with Gasteiger partial charge in [-0.25, -0.2) is 0 Å². The van der Waals surface area contributed by atoms with Crippen molar-refractivity contribution in [1.29, 1.82) is 0 Å². The molecule has 0 radical (unpaired) electrons. The van der Waals surface area contributed by atoms with Gasteiger partial charge in [-0.3, -0.25) is 4.79 Å². The van der Waals surface area contributed by atoms with E-state index in [9.17, 15) is 4.79 Å². The van der Waals surface area contributed by atoms with Gasteiger partial charge < -0.3 is 18.9 Å². The molecular weight excluding hydrogens is 380 g/mol. The molecule has 168 valence electrons.